The number of amides is 1. The minimum atomic E-state index is -0.0854. The molecule has 0 bridgehead atoms. The summed E-state index contributed by atoms with van der Waals surface area (Å²) in [5, 5.41) is 6.92. The number of aromatic nitrogens is 4. The lowest BCUT2D eigenvalue weighted by Gasteiger charge is -2.13. The number of pyridine rings is 1. The van der Waals surface area contributed by atoms with Crippen LogP contribution in [0, 0.1) is 6.92 Å². The van der Waals surface area contributed by atoms with Crippen molar-refractivity contribution in [1.82, 2.24) is 24.7 Å². The zero-order chi connectivity index (χ0) is 24.2. The molecule has 9 heteroatoms. The molecule has 3 heterocycles. The van der Waals surface area contributed by atoms with Crippen molar-refractivity contribution in [1.29, 1.82) is 0 Å². The van der Waals surface area contributed by atoms with Gasteiger partial charge in [0.2, 0.25) is 5.91 Å². The van der Waals surface area contributed by atoms with Gasteiger partial charge < -0.3 is 24.5 Å². The van der Waals surface area contributed by atoms with Crippen LogP contribution in [0.3, 0.4) is 0 Å². The summed E-state index contributed by atoms with van der Waals surface area (Å²) in [6.07, 6.45) is 7.09. The fourth-order valence-electron chi connectivity index (χ4n) is 3.68. The molecule has 0 aliphatic rings. The standard InChI is InChI=1S/C26H24N6O3/c1-17-13-19(3-6-24(17)35-21-7-10-32-11-8-28-25(32)15-21)31-26-22-14-20(34-12-9-27-18(2)33)4-5-23(22)29-16-30-26/h3-8,10-11,13-16H,9,12H2,1-2H3,(H,27,33)(H,29,30,31). The fourth-order valence-corrected chi connectivity index (χ4v) is 3.68. The molecular formula is C26H24N6O3. The van der Waals surface area contributed by atoms with Crippen molar-refractivity contribution in [2.75, 3.05) is 18.5 Å². The Morgan fingerprint density at radius 1 is 1.00 bits per heavy atom. The van der Waals surface area contributed by atoms with E-state index in [0.717, 1.165) is 39.3 Å². The van der Waals surface area contributed by atoms with Crippen LogP contribution < -0.4 is 20.1 Å². The molecule has 5 aromatic rings. The summed E-state index contributed by atoms with van der Waals surface area (Å²) >= 11 is 0. The first-order chi connectivity index (χ1) is 17.0. The van der Waals surface area contributed by atoms with Crippen LogP contribution in [-0.2, 0) is 4.79 Å². The van der Waals surface area contributed by atoms with Crippen molar-refractivity contribution < 1.29 is 14.3 Å². The van der Waals surface area contributed by atoms with Gasteiger partial charge in [-0.05, 0) is 55.0 Å². The van der Waals surface area contributed by atoms with Gasteiger partial charge in [-0.15, -0.1) is 0 Å². The second-order valence-corrected chi connectivity index (χ2v) is 8.00. The van der Waals surface area contributed by atoms with Crippen LogP contribution >= 0.6 is 0 Å². The third kappa shape index (κ3) is 5.14. The minimum absolute atomic E-state index is 0.0854. The summed E-state index contributed by atoms with van der Waals surface area (Å²) in [5.74, 6) is 2.74. The normalized spacial score (nSPS) is 10.9. The number of hydrogen-bond donors (Lipinski definition) is 2. The van der Waals surface area contributed by atoms with E-state index in [9.17, 15) is 4.79 Å². The maximum Gasteiger partial charge on any atom is 0.216 e. The molecule has 2 aromatic carbocycles. The molecule has 0 fully saturated rings. The maximum atomic E-state index is 11.0. The Labute approximate surface area is 201 Å². The minimum Gasteiger partial charge on any atom is -0.492 e. The van der Waals surface area contributed by atoms with Gasteiger partial charge >= 0.3 is 0 Å². The van der Waals surface area contributed by atoms with Gasteiger partial charge in [-0.2, -0.15) is 0 Å². The molecule has 0 aliphatic heterocycles. The smallest absolute Gasteiger partial charge is 0.216 e. The summed E-state index contributed by atoms with van der Waals surface area (Å²) in [7, 11) is 0. The van der Waals surface area contributed by atoms with Crippen LogP contribution in [0.25, 0.3) is 16.6 Å². The Balaban J connectivity index is 1.32. The molecule has 0 saturated carbocycles. The molecule has 0 aliphatic carbocycles. The van der Waals surface area contributed by atoms with E-state index in [1.165, 1.54) is 13.3 Å². The molecule has 0 saturated heterocycles. The van der Waals surface area contributed by atoms with Gasteiger partial charge in [0.15, 0.2) is 0 Å². The van der Waals surface area contributed by atoms with Crippen molar-refractivity contribution in [2.24, 2.45) is 0 Å². The highest BCUT2D eigenvalue weighted by atomic mass is 16.5. The molecule has 0 radical (unpaired) electrons. The lowest BCUT2D eigenvalue weighted by Crippen LogP contribution is -2.25. The van der Waals surface area contributed by atoms with Crippen LogP contribution in [0.5, 0.6) is 17.2 Å². The summed E-state index contributed by atoms with van der Waals surface area (Å²) in [6, 6.07) is 15.3. The van der Waals surface area contributed by atoms with E-state index < -0.39 is 0 Å². The monoisotopic (exact) mass is 468 g/mol. The van der Waals surface area contributed by atoms with E-state index in [1.807, 2.05) is 72.2 Å². The third-order valence-electron chi connectivity index (χ3n) is 5.39. The van der Waals surface area contributed by atoms with Crippen LogP contribution in [-0.4, -0.2) is 38.4 Å². The van der Waals surface area contributed by atoms with Gasteiger partial charge in [0.1, 0.15) is 41.6 Å². The van der Waals surface area contributed by atoms with E-state index in [2.05, 4.69) is 25.6 Å². The number of fused-ring (bicyclic) bond motifs is 2. The number of rotatable bonds is 8. The molecule has 9 nitrogen and oxygen atoms in total. The number of nitrogens with zero attached hydrogens (tertiary/aromatic N) is 4. The molecule has 35 heavy (non-hydrogen) atoms. The zero-order valence-electron chi connectivity index (χ0n) is 19.4. The van der Waals surface area contributed by atoms with Crippen molar-refractivity contribution in [3.63, 3.8) is 0 Å². The number of hydrogen-bond acceptors (Lipinski definition) is 7. The second-order valence-electron chi connectivity index (χ2n) is 8.00. The molecule has 1 amide bonds. The molecule has 2 N–H and O–H groups in total. The Morgan fingerprint density at radius 3 is 2.77 bits per heavy atom. The number of carbonyl (C=O) groups is 1. The Hall–Kier alpha value is -4.66. The third-order valence-corrected chi connectivity index (χ3v) is 5.39. The summed E-state index contributed by atoms with van der Waals surface area (Å²) < 4.78 is 13.8. The van der Waals surface area contributed by atoms with E-state index >= 15 is 0 Å². The highest BCUT2D eigenvalue weighted by Crippen LogP contribution is 2.31. The number of ether oxygens (including phenoxy) is 2. The fraction of sp³-hybridized carbons (Fsp3) is 0.154. The lowest BCUT2D eigenvalue weighted by atomic mass is 10.2. The second kappa shape index (κ2) is 9.68. The van der Waals surface area contributed by atoms with Crippen LogP contribution in [0.4, 0.5) is 11.5 Å². The van der Waals surface area contributed by atoms with E-state index in [-0.39, 0.29) is 5.91 Å². The predicted octanol–water partition coefficient (Wildman–Crippen LogP) is 4.64. The van der Waals surface area contributed by atoms with E-state index in [4.69, 9.17) is 9.47 Å². The van der Waals surface area contributed by atoms with E-state index in [0.29, 0.717) is 24.7 Å². The highest BCUT2D eigenvalue weighted by Gasteiger charge is 2.09. The van der Waals surface area contributed by atoms with Crippen molar-refractivity contribution in [3.05, 3.63) is 79.0 Å². The first kappa shape index (κ1) is 22.1. The van der Waals surface area contributed by atoms with Crippen molar-refractivity contribution in [2.45, 2.75) is 13.8 Å². The number of imidazole rings is 1. The number of benzene rings is 2. The topological polar surface area (TPSA) is 103 Å². The first-order valence-electron chi connectivity index (χ1n) is 11.2. The average Bonchev–Trinajstić information content (AvgIpc) is 3.32. The first-order valence-corrected chi connectivity index (χ1v) is 11.2. The predicted molar refractivity (Wildman–Crippen MR) is 133 cm³/mol. The summed E-state index contributed by atoms with van der Waals surface area (Å²) in [6.45, 7) is 4.28. The van der Waals surface area contributed by atoms with Crippen molar-refractivity contribution >= 4 is 34.0 Å². The van der Waals surface area contributed by atoms with Crippen LogP contribution in [0.15, 0.2) is 73.4 Å². The molecule has 176 valence electrons. The maximum absolute atomic E-state index is 11.0. The molecular weight excluding hydrogens is 444 g/mol. The molecule has 0 unspecified atom stereocenters. The molecule has 0 atom stereocenters. The molecule has 3 aromatic heterocycles. The van der Waals surface area contributed by atoms with Gasteiger partial charge in [0, 0.05) is 42.7 Å². The zero-order valence-corrected chi connectivity index (χ0v) is 19.4. The number of nitrogens with one attached hydrogen (secondary N) is 2. The average molecular weight is 469 g/mol. The highest BCUT2D eigenvalue weighted by molar-refractivity contribution is 5.91. The SMILES string of the molecule is CC(=O)NCCOc1ccc2ncnc(Nc3ccc(Oc4ccn5ccnc5c4)c(C)c3)c2c1. The molecule has 0 spiro atoms. The Bertz CT molecular complexity index is 1510. The number of aryl methyl sites for hydroxylation is 1. The van der Waals surface area contributed by atoms with Gasteiger partial charge in [-0.25, -0.2) is 15.0 Å². The number of anilines is 2. The lowest BCUT2D eigenvalue weighted by molar-refractivity contribution is -0.119. The van der Waals surface area contributed by atoms with Crippen molar-refractivity contribution in [3.8, 4) is 17.2 Å². The van der Waals surface area contributed by atoms with E-state index in [1.54, 1.807) is 6.20 Å². The number of carbonyl (C=O) groups excluding carboxylic acids is 1. The van der Waals surface area contributed by atoms with Gasteiger partial charge in [0.25, 0.3) is 0 Å². The van der Waals surface area contributed by atoms with Gasteiger partial charge in [-0.3, -0.25) is 4.79 Å². The van der Waals surface area contributed by atoms with Gasteiger partial charge in [-0.1, -0.05) is 0 Å². The summed E-state index contributed by atoms with van der Waals surface area (Å²) in [5.41, 5.74) is 3.46. The summed E-state index contributed by atoms with van der Waals surface area (Å²) in [4.78, 5) is 24.1. The Kier molecular flexibility index (Phi) is 6.13. The Morgan fingerprint density at radius 2 is 1.91 bits per heavy atom. The van der Waals surface area contributed by atoms with Crippen LogP contribution in [0.1, 0.15) is 12.5 Å². The largest absolute Gasteiger partial charge is 0.492 e. The van der Waals surface area contributed by atoms with Gasteiger partial charge in [0.05, 0.1) is 12.1 Å². The van der Waals surface area contributed by atoms with Crippen LogP contribution in [0.2, 0.25) is 0 Å². The quantitative estimate of drug-likeness (QED) is 0.320. The molecule has 5 rings (SSSR count).